The maximum atomic E-state index is 13.0. The van der Waals surface area contributed by atoms with E-state index >= 15 is 0 Å². The summed E-state index contributed by atoms with van der Waals surface area (Å²) in [5.41, 5.74) is -0.385. The highest BCUT2D eigenvalue weighted by Gasteiger charge is 2.37. The minimum Gasteiger partial charge on any atom is -0.333 e. The molecule has 1 aliphatic rings. The number of halogens is 2. The van der Waals surface area contributed by atoms with Gasteiger partial charge in [0.05, 0.1) is 6.54 Å². The number of likely N-dealkylation sites (tertiary alicyclic amines) is 1. The molecule has 0 spiro atoms. The van der Waals surface area contributed by atoms with Gasteiger partial charge < -0.3 is 10.2 Å². The van der Waals surface area contributed by atoms with Crippen molar-refractivity contribution in [1.29, 1.82) is 0 Å². The number of rotatable bonds is 0. The van der Waals surface area contributed by atoms with Crippen molar-refractivity contribution in [2.75, 3.05) is 13.1 Å². The fourth-order valence-corrected chi connectivity index (χ4v) is 1.54. The van der Waals surface area contributed by atoms with Crippen LogP contribution in [-0.4, -0.2) is 35.5 Å². The van der Waals surface area contributed by atoms with Gasteiger partial charge in [0.2, 0.25) is 0 Å². The summed E-state index contributed by atoms with van der Waals surface area (Å²) in [7, 11) is 0. The molecule has 1 fully saturated rings. The molecule has 3 nitrogen and oxygen atoms in total. The summed E-state index contributed by atoms with van der Waals surface area (Å²) in [5.74, 6) is -2.73. The third-order valence-corrected chi connectivity index (χ3v) is 2.16. The van der Waals surface area contributed by atoms with Crippen molar-refractivity contribution in [3.05, 3.63) is 0 Å². The second-order valence-corrected chi connectivity index (χ2v) is 5.06. The summed E-state index contributed by atoms with van der Waals surface area (Å²) in [6.45, 7) is 5.43. The van der Waals surface area contributed by atoms with Crippen LogP contribution < -0.4 is 5.32 Å². The first-order chi connectivity index (χ1) is 6.70. The number of nitrogens with one attached hydrogen (secondary N) is 1. The number of hydrogen-bond donors (Lipinski definition) is 1. The summed E-state index contributed by atoms with van der Waals surface area (Å²) in [5, 5.41) is 2.68. The normalized spacial score (nSPS) is 21.3. The molecule has 0 aliphatic carbocycles. The van der Waals surface area contributed by atoms with Crippen LogP contribution in [-0.2, 0) is 0 Å². The van der Waals surface area contributed by atoms with Crippen LogP contribution in [0, 0.1) is 0 Å². The van der Waals surface area contributed by atoms with Gasteiger partial charge in [0.15, 0.2) is 0 Å². The van der Waals surface area contributed by atoms with E-state index < -0.39 is 18.5 Å². The second-order valence-electron chi connectivity index (χ2n) is 5.06. The maximum Gasteiger partial charge on any atom is 0.318 e. The summed E-state index contributed by atoms with van der Waals surface area (Å²) >= 11 is 0. The van der Waals surface area contributed by atoms with Crippen LogP contribution in [0.1, 0.15) is 33.6 Å². The minimum atomic E-state index is -2.73. The third-order valence-electron chi connectivity index (χ3n) is 2.16. The molecule has 0 atom stereocenters. The minimum absolute atomic E-state index is 0.119. The van der Waals surface area contributed by atoms with E-state index in [2.05, 4.69) is 5.32 Å². The zero-order valence-corrected chi connectivity index (χ0v) is 9.44. The first-order valence-corrected chi connectivity index (χ1v) is 5.15. The Labute approximate surface area is 88.8 Å². The Bertz CT molecular complexity index is 248. The van der Waals surface area contributed by atoms with E-state index in [-0.39, 0.29) is 12.0 Å². The van der Waals surface area contributed by atoms with Gasteiger partial charge in [-0.2, -0.15) is 0 Å². The van der Waals surface area contributed by atoms with Crippen molar-refractivity contribution in [1.82, 2.24) is 10.2 Å². The molecule has 1 saturated heterocycles. The first-order valence-electron chi connectivity index (χ1n) is 5.15. The number of amides is 2. The zero-order valence-electron chi connectivity index (χ0n) is 9.44. The molecule has 5 heteroatoms. The summed E-state index contributed by atoms with van der Waals surface area (Å²) in [6.07, 6.45) is 0.247. The quantitative estimate of drug-likeness (QED) is 0.667. The van der Waals surface area contributed by atoms with Crippen molar-refractivity contribution < 1.29 is 13.6 Å². The lowest BCUT2D eigenvalue weighted by molar-refractivity contribution is -0.0528. The van der Waals surface area contributed by atoms with Gasteiger partial charge in [-0.1, -0.05) is 0 Å². The van der Waals surface area contributed by atoms with Crippen molar-refractivity contribution in [3.63, 3.8) is 0 Å². The van der Waals surface area contributed by atoms with Crippen molar-refractivity contribution in [3.8, 4) is 0 Å². The molecule has 0 aromatic rings. The Balaban J connectivity index is 2.53. The van der Waals surface area contributed by atoms with Gasteiger partial charge >= 0.3 is 6.03 Å². The lowest BCUT2D eigenvalue weighted by atomic mass is 10.1. The molecule has 0 bridgehead atoms. The molecule has 0 radical (unpaired) electrons. The van der Waals surface area contributed by atoms with E-state index in [9.17, 15) is 13.6 Å². The smallest absolute Gasteiger partial charge is 0.318 e. The standard InChI is InChI=1S/C10H18F2N2O/c1-9(2,3)13-8(15)14-6-4-5-10(11,12)7-14/h4-7H2,1-3H3,(H,13,15). The number of hydrogen-bond acceptors (Lipinski definition) is 1. The van der Waals surface area contributed by atoms with Crippen LogP contribution in [0.3, 0.4) is 0 Å². The molecule has 1 N–H and O–H groups in total. The Morgan fingerprint density at radius 1 is 1.40 bits per heavy atom. The van der Waals surface area contributed by atoms with Crippen LogP contribution in [0.4, 0.5) is 13.6 Å². The molecular weight excluding hydrogens is 202 g/mol. The SMILES string of the molecule is CC(C)(C)NC(=O)N1CCCC(F)(F)C1. The lowest BCUT2D eigenvalue weighted by Gasteiger charge is -2.34. The molecule has 1 rings (SSSR count). The van der Waals surface area contributed by atoms with Crippen molar-refractivity contribution in [2.45, 2.75) is 45.1 Å². The molecule has 0 unspecified atom stereocenters. The van der Waals surface area contributed by atoms with Gasteiger partial charge in [-0.3, -0.25) is 0 Å². The fraction of sp³-hybridized carbons (Fsp3) is 0.900. The van der Waals surface area contributed by atoms with Crippen LogP contribution in [0.15, 0.2) is 0 Å². The highest BCUT2D eigenvalue weighted by molar-refractivity contribution is 5.75. The van der Waals surface area contributed by atoms with E-state index in [1.54, 1.807) is 0 Å². The Morgan fingerprint density at radius 2 is 2.00 bits per heavy atom. The Morgan fingerprint density at radius 3 is 2.47 bits per heavy atom. The summed E-state index contributed by atoms with van der Waals surface area (Å²) in [4.78, 5) is 12.8. The number of carbonyl (C=O) groups is 1. The summed E-state index contributed by atoms with van der Waals surface area (Å²) < 4.78 is 26.1. The van der Waals surface area contributed by atoms with Crippen LogP contribution in [0.25, 0.3) is 0 Å². The maximum absolute atomic E-state index is 13.0. The second kappa shape index (κ2) is 3.94. The molecule has 1 aliphatic heterocycles. The molecule has 0 aromatic carbocycles. The molecule has 0 saturated carbocycles. The van der Waals surface area contributed by atoms with Gasteiger partial charge in [-0.15, -0.1) is 0 Å². The number of nitrogens with zero attached hydrogens (tertiary/aromatic N) is 1. The van der Waals surface area contributed by atoms with E-state index in [1.165, 1.54) is 4.90 Å². The van der Waals surface area contributed by atoms with E-state index in [0.29, 0.717) is 13.0 Å². The van der Waals surface area contributed by atoms with Crippen LogP contribution in [0.2, 0.25) is 0 Å². The molecule has 15 heavy (non-hydrogen) atoms. The largest absolute Gasteiger partial charge is 0.333 e. The van der Waals surface area contributed by atoms with Gasteiger partial charge in [0, 0.05) is 18.5 Å². The molecule has 1 heterocycles. The number of carbonyl (C=O) groups excluding carboxylic acids is 1. The molecule has 0 aromatic heterocycles. The molecular formula is C10H18F2N2O. The van der Waals surface area contributed by atoms with Gasteiger partial charge in [-0.25, -0.2) is 13.6 Å². The summed E-state index contributed by atoms with van der Waals surface area (Å²) in [6, 6.07) is -0.401. The van der Waals surface area contributed by atoms with Crippen LogP contribution >= 0.6 is 0 Å². The van der Waals surface area contributed by atoms with E-state index in [0.717, 1.165) is 0 Å². The monoisotopic (exact) mass is 220 g/mol. The highest BCUT2D eigenvalue weighted by Crippen LogP contribution is 2.26. The van der Waals surface area contributed by atoms with Crippen LogP contribution in [0.5, 0.6) is 0 Å². The average molecular weight is 220 g/mol. The van der Waals surface area contributed by atoms with E-state index in [1.807, 2.05) is 20.8 Å². The lowest BCUT2D eigenvalue weighted by Crippen LogP contribution is -2.53. The zero-order chi connectivity index (χ0) is 11.7. The number of alkyl halides is 2. The highest BCUT2D eigenvalue weighted by atomic mass is 19.3. The molecule has 88 valence electrons. The van der Waals surface area contributed by atoms with Crippen molar-refractivity contribution >= 4 is 6.03 Å². The third kappa shape index (κ3) is 4.01. The Hall–Kier alpha value is -0.870. The predicted octanol–water partition coefficient (Wildman–Crippen LogP) is 2.23. The first kappa shape index (κ1) is 12.2. The Kier molecular flexibility index (Phi) is 3.21. The van der Waals surface area contributed by atoms with Gasteiger partial charge in [0.25, 0.3) is 5.92 Å². The number of piperidine rings is 1. The van der Waals surface area contributed by atoms with E-state index in [4.69, 9.17) is 0 Å². The fourth-order valence-electron chi connectivity index (χ4n) is 1.54. The molecule has 2 amide bonds. The van der Waals surface area contributed by atoms with Crippen molar-refractivity contribution in [2.24, 2.45) is 0 Å². The number of urea groups is 1. The topological polar surface area (TPSA) is 32.3 Å². The average Bonchev–Trinajstić information content (AvgIpc) is 1.99. The predicted molar refractivity (Wildman–Crippen MR) is 54.0 cm³/mol. The van der Waals surface area contributed by atoms with Gasteiger partial charge in [-0.05, 0) is 27.2 Å². The van der Waals surface area contributed by atoms with Gasteiger partial charge in [0.1, 0.15) is 0 Å².